The lowest BCUT2D eigenvalue weighted by molar-refractivity contribution is 0.233. The van der Waals surface area contributed by atoms with E-state index in [1.165, 1.54) is 12.8 Å². The minimum absolute atomic E-state index is 0.0670. The van der Waals surface area contributed by atoms with Gasteiger partial charge in [-0.2, -0.15) is 0 Å². The lowest BCUT2D eigenvalue weighted by Crippen LogP contribution is -2.42. The molecule has 1 heterocycles. The molecule has 0 spiro atoms. The van der Waals surface area contributed by atoms with Crippen LogP contribution in [-0.2, 0) is 0 Å². The second-order valence-corrected chi connectivity index (χ2v) is 4.72. The largest absolute Gasteiger partial charge is 0.335 e. The first kappa shape index (κ1) is 11.9. The topological polar surface area (TPSA) is 54.0 Å². The zero-order chi connectivity index (χ0) is 12.3. The molecule has 4 nitrogen and oxygen atoms in total. The van der Waals surface area contributed by atoms with Crippen LogP contribution in [0.25, 0.3) is 0 Å². The van der Waals surface area contributed by atoms with Gasteiger partial charge in [-0.05, 0) is 44.7 Å². The van der Waals surface area contributed by atoms with Gasteiger partial charge in [-0.15, -0.1) is 0 Å². The van der Waals surface area contributed by atoms with Gasteiger partial charge >= 0.3 is 6.03 Å². The fourth-order valence-electron chi connectivity index (χ4n) is 1.87. The van der Waals surface area contributed by atoms with Gasteiger partial charge in [-0.25, -0.2) is 4.79 Å². The number of carbonyl (C=O) groups excluding carboxylic acids is 1. The molecule has 92 valence electrons. The molecule has 17 heavy (non-hydrogen) atoms. The molecule has 2 rings (SSSR count). The normalized spacial score (nSPS) is 18.2. The van der Waals surface area contributed by atoms with E-state index in [1.807, 2.05) is 25.1 Å². The van der Waals surface area contributed by atoms with Gasteiger partial charge in [0, 0.05) is 12.2 Å². The van der Waals surface area contributed by atoms with E-state index in [1.54, 1.807) is 6.20 Å². The Morgan fingerprint density at radius 3 is 2.71 bits per heavy atom. The van der Waals surface area contributed by atoms with Crippen molar-refractivity contribution in [1.82, 2.24) is 15.6 Å². The molecule has 1 aromatic heterocycles. The third-order valence-electron chi connectivity index (χ3n) is 3.17. The molecule has 0 aromatic carbocycles. The van der Waals surface area contributed by atoms with Crippen LogP contribution in [0.4, 0.5) is 4.79 Å². The number of nitrogens with zero attached hydrogens (tertiary/aromatic N) is 1. The molecule has 2 amide bonds. The van der Waals surface area contributed by atoms with Crippen molar-refractivity contribution in [2.24, 2.45) is 5.92 Å². The van der Waals surface area contributed by atoms with Crippen molar-refractivity contribution in [1.29, 1.82) is 0 Å². The van der Waals surface area contributed by atoms with Gasteiger partial charge in [0.05, 0.1) is 11.7 Å². The van der Waals surface area contributed by atoms with Gasteiger partial charge in [0.1, 0.15) is 0 Å². The summed E-state index contributed by atoms with van der Waals surface area (Å²) in [5.41, 5.74) is 0.877. The minimum Gasteiger partial charge on any atom is -0.335 e. The molecule has 0 bridgehead atoms. The molecular weight excluding hydrogens is 214 g/mol. The van der Waals surface area contributed by atoms with Crippen LogP contribution in [0.5, 0.6) is 0 Å². The lowest BCUT2D eigenvalue weighted by Gasteiger charge is -2.17. The average Bonchev–Trinajstić information content (AvgIpc) is 3.13. The Labute approximate surface area is 102 Å². The van der Waals surface area contributed by atoms with E-state index in [-0.39, 0.29) is 18.1 Å². The summed E-state index contributed by atoms with van der Waals surface area (Å²) in [6.07, 6.45) is 4.20. The maximum atomic E-state index is 11.7. The van der Waals surface area contributed by atoms with Crippen molar-refractivity contribution in [2.75, 3.05) is 0 Å². The molecular formula is C13H19N3O. The molecule has 0 saturated heterocycles. The highest BCUT2D eigenvalue weighted by Crippen LogP contribution is 2.32. The molecule has 2 atom stereocenters. The standard InChI is InChI=1S/C13H19N3O/c1-9(11-6-7-11)15-13(17)16-10(2)12-5-3-4-8-14-12/h3-5,8-11H,6-7H2,1-2H3,(H2,15,16,17)/t9-,10-/m0/s1. The first-order chi connectivity index (χ1) is 8.16. The van der Waals surface area contributed by atoms with Crippen LogP contribution >= 0.6 is 0 Å². The highest BCUT2D eigenvalue weighted by molar-refractivity contribution is 5.74. The number of nitrogens with one attached hydrogen (secondary N) is 2. The van der Waals surface area contributed by atoms with Crippen LogP contribution in [0.2, 0.25) is 0 Å². The number of hydrogen-bond acceptors (Lipinski definition) is 2. The summed E-state index contributed by atoms with van der Waals surface area (Å²) in [4.78, 5) is 15.9. The van der Waals surface area contributed by atoms with Crippen LogP contribution in [0, 0.1) is 5.92 Å². The Morgan fingerprint density at radius 1 is 1.35 bits per heavy atom. The smallest absolute Gasteiger partial charge is 0.315 e. The van der Waals surface area contributed by atoms with Crippen molar-refractivity contribution in [3.05, 3.63) is 30.1 Å². The fourth-order valence-corrected chi connectivity index (χ4v) is 1.87. The van der Waals surface area contributed by atoms with Crippen molar-refractivity contribution in [3.63, 3.8) is 0 Å². The highest BCUT2D eigenvalue weighted by Gasteiger charge is 2.29. The lowest BCUT2D eigenvalue weighted by atomic mass is 10.2. The van der Waals surface area contributed by atoms with Crippen molar-refractivity contribution in [2.45, 2.75) is 38.8 Å². The number of hydrogen-bond donors (Lipinski definition) is 2. The Hall–Kier alpha value is -1.58. The van der Waals surface area contributed by atoms with Crippen LogP contribution in [0.3, 0.4) is 0 Å². The third kappa shape index (κ3) is 3.44. The molecule has 1 saturated carbocycles. The summed E-state index contributed by atoms with van der Waals surface area (Å²) in [5.74, 6) is 0.672. The Bertz CT molecular complexity index is 376. The summed E-state index contributed by atoms with van der Waals surface area (Å²) >= 11 is 0. The third-order valence-corrected chi connectivity index (χ3v) is 3.17. The Balaban J connectivity index is 1.81. The molecule has 0 aliphatic heterocycles. The molecule has 2 N–H and O–H groups in total. The molecule has 1 aromatic rings. The summed E-state index contributed by atoms with van der Waals surface area (Å²) in [5, 5.41) is 5.86. The number of rotatable bonds is 4. The van der Waals surface area contributed by atoms with Crippen molar-refractivity contribution in [3.8, 4) is 0 Å². The molecule has 1 aliphatic carbocycles. The van der Waals surface area contributed by atoms with Gasteiger partial charge in [0.25, 0.3) is 0 Å². The summed E-state index contributed by atoms with van der Waals surface area (Å²) in [6.45, 7) is 3.99. The van der Waals surface area contributed by atoms with E-state index < -0.39 is 0 Å². The molecule has 4 heteroatoms. The predicted molar refractivity (Wildman–Crippen MR) is 66.5 cm³/mol. The van der Waals surface area contributed by atoms with Crippen LogP contribution in [-0.4, -0.2) is 17.1 Å². The maximum Gasteiger partial charge on any atom is 0.315 e. The van der Waals surface area contributed by atoms with Crippen LogP contribution in [0.15, 0.2) is 24.4 Å². The Kier molecular flexibility index (Phi) is 3.61. The van der Waals surface area contributed by atoms with Crippen LogP contribution in [0.1, 0.15) is 38.4 Å². The van der Waals surface area contributed by atoms with Gasteiger partial charge in [-0.3, -0.25) is 4.98 Å². The minimum atomic E-state index is -0.109. The Morgan fingerprint density at radius 2 is 2.12 bits per heavy atom. The first-order valence-electron chi connectivity index (χ1n) is 6.15. The molecule has 0 unspecified atom stereocenters. The summed E-state index contributed by atoms with van der Waals surface area (Å²) in [6, 6.07) is 5.79. The number of aromatic nitrogens is 1. The first-order valence-corrected chi connectivity index (χ1v) is 6.15. The molecule has 1 aliphatic rings. The van der Waals surface area contributed by atoms with Crippen LogP contribution < -0.4 is 10.6 Å². The average molecular weight is 233 g/mol. The van der Waals surface area contributed by atoms with E-state index >= 15 is 0 Å². The highest BCUT2D eigenvalue weighted by atomic mass is 16.2. The molecule has 1 fully saturated rings. The zero-order valence-corrected chi connectivity index (χ0v) is 10.3. The second-order valence-electron chi connectivity index (χ2n) is 4.72. The fraction of sp³-hybridized carbons (Fsp3) is 0.538. The van der Waals surface area contributed by atoms with E-state index in [9.17, 15) is 4.79 Å². The van der Waals surface area contributed by atoms with E-state index in [2.05, 4.69) is 22.5 Å². The van der Waals surface area contributed by atoms with Crippen molar-refractivity contribution >= 4 is 6.03 Å². The van der Waals surface area contributed by atoms with E-state index in [0.717, 1.165) is 5.69 Å². The number of carbonyl (C=O) groups is 1. The second kappa shape index (κ2) is 5.17. The quantitative estimate of drug-likeness (QED) is 0.838. The number of pyridine rings is 1. The number of amides is 2. The maximum absolute atomic E-state index is 11.7. The summed E-state index contributed by atoms with van der Waals surface area (Å²) < 4.78 is 0. The van der Waals surface area contributed by atoms with Gasteiger partial charge in [-0.1, -0.05) is 6.07 Å². The molecule has 0 radical (unpaired) electrons. The van der Waals surface area contributed by atoms with E-state index in [4.69, 9.17) is 0 Å². The van der Waals surface area contributed by atoms with Gasteiger partial charge in [0.15, 0.2) is 0 Å². The van der Waals surface area contributed by atoms with E-state index in [0.29, 0.717) is 5.92 Å². The van der Waals surface area contributed by atoms with Gasteiger partial charge < -0.3 is 10.6 Å². The SMILES string of the molecule is C[C@H](NC(=O)N[C@@H](C)C1CC1)c1ccccn1. The summed E-state index contributed by atoms with van der Waals surface area (Å²) in [7, 11) is 0. The van der Waals surface area contributed by atoms with Gasteiger partial charge in [0.2, 0.25) is 0 Å². The number of urea groups is 1. The predicted octanol–water partition coefficient (Wildman–Crippen LogP) is 2.24. The van der Waals surface area contributed by atoms with Crippen molar-refractivity contribution < 1.29 is 4.79 Å². The zero-order valence-electron chi connectivity index (χ0n) is 10.3. The monoisotopic (exact) mass is 233 g/mol.